The fraction of sp³-hybridized carbons (Fsp3) is 0.958. The van der Waals surface area contributed by atoms with Crippen LogP contribution in [0.2, 0.25) is 0 Å². The molecule has 0 N–H and O–H groups in total. The van der Waals surface area contributed by atoms with E-state index in [-0.39, 0.29) is 5.41 Å². The van der Waals surface area contributed by atoms with Crippen LogP contribution in [0.5, 0.6) is 0 Å². The van der Waals surface area contributed by atoms with E-state index in [4.69, 9.17) is 4.74 Å². The van der Waals surface area contributed by atoms with Crippen LogP contribution in [0.1, 0.15) is 117 Å². The Labute approximate surface area is 163 Å². The molecule has 0 radical (unpaired) electrons. The van der Waals surface area contributed by atoms with Crippen molar-refractivity contribution >= 4 is 0 Å². The molecule has 2 nitrogen and oxygen atoms in total. The van der Waals surface area contributed by atoms with Crippen LogP contribution in [0.25, 0.3) is 0 Å². The number of nitrogens with zero attached hydrogens (tertiary/aromatic N) is 1. The summed E-state index contributed by atoms with van der Waals surface area (Å²) < 4.78 is 6.30. The zero-order valence-electron chi connectivity index (χ0n) is 17.6. The first-order chi connectivity index (χ1) is 12.7. The Morgan fingerprint density at radius 2 is 1.50 bits per heavy atom. The lowest BCUT2D eigenvalue weighted by atomic mass is 9.71. The van der Waals surface area contributed by atoms with Crippen LogP contribution in [0.3, 0.4) is 0 Å². The van der Waals surface area contributed by atoms with Crippen LogP contribution >= 0.6 is 0 Å². The molecule has 0 aromatic heterocycles. The molecule has 0 spiro atoms. The van der Waals surface area contributed by atoms with Crippen molar-refractivity contribution in [1.82, 2.24) is 0 Å². The molecule has 0 aromatic rings. The second kappa shape index (κ2) is 12.0. The fourth-order valence-corrected chi connectivity index (χ4v) is 5.06. The number of ether oxygens (including phenoxy) is 1. The van der Waals surface area contributed by atoms with Crippen molar-refractivity contribution in [1.29, 1.82) is 5.26 Å². The lowest BCUT2D eigenvalue weighted by Gasteiger charge is -2.36. The average Bonchev–Trinajstić information content (AvgIpc) is 2.70. The van der Waals surface area contributed by atoms with Gasteiger partial charge in [0.15, 0.2) is 0 Å². The van der Waals surface area contributed by atoms with Crippen molar-refractivity contribution in [3.8, 4) is 6.07 Å². The Balaban J connectivity index is 1.57. The summed E-state index contributed by atoms with van der Waals surface area (Å²) >= 11 is 0. The van der Waals surface area contributed by atoms with Crippen molar-refractivity contribution in [2.75, 3.05) is 6.61 Å². The topological polar surface area (TPSA) is 33.0 Å². The minimum atomic E-state index is -0.0360. The SMILES string of the molecule is CCCCCC[C@H]1CC[C@H](CO[C@H]2CC[C@@](C#N)(CCCC)CC2)CC1. The first-order valence-electron chi connectivity index (χ1n) is 11.7. The minimum Gasteiger partial charge on any atom is -0.378 e. The molecule has 0 atom stereocenters. The van der Waals surface area contributed by atoms with E-state index >= 15 is 0 Å². The van der Waals surface area contributed by atoms with Crippen LogP contribution in [-0.4, -0.2) is 12.7 Å². The summed E-state index contributed by atoms with van der Waals surface area (Å²) in [6, 6.07) is 2.65. The van der Waals surface area contributed by atoms with E-state index in [0.717, 1.165) is 50.5 Å². The molecule has 0 aliphatic heterocycles. The van der Waals surface area contributed by atoms with Crippen LogP contribution in [0.15, 0.2) is 0 Å². The smallest absolute Gasteiger partial charge is 0.0689 e. The second-order valence-electron chi connectivity index (χ2n) is 9.26. The molecule has 2 aliphatic rings. The van der Waals surface area contributed by atoms with Crippen molar-refractivity contribution in [3.63, 3.8) is 0 Å². The van der Waals surface area contributed by atoms with Crippen molar-refractivity contribution in [3.05, 3.63) is 0 Å². The first-order valence-corrected chi connectivity index (χ1v) is 11.7. The largest absolute Gasteiger partial charge is 0.378 e. The number of hydrogen-bond donors (Lipinski definition) is 0. The van der Waals surface area contributed by atoms with Crippen molar-refractivity contribution in [2.24, 2.45) is 17.3 Å². The summed E-state index contributed by atoms with van der Waals surface area (Å²) in [6.07, 6.45) is 20.9. The monoisotopic (exact) mass is 361 g/mol. The molecule has 2 rings (SSSR count). The number of rotatable bonds is 11. The van der Waals surface area contributed by atoms with Gasteiger partial charge in [0, 0.05) is 6.61 Å². The summed E-state index contributed by atoms with van der Waals surface area (Å²) in [4.78, 5) is 0. The predicted molar refractivity (Wildman–Crippen MR) is 110 cm³/mol. The third kappa shape index (κ3) is 7.22. The maximum absolute atomic E-state index is 9.61. The Morgan fingerprint density at radius 3 is 2.12 bits per heavy atom. The van der Waals surface area contributed by atoms with Crippen LogP contribution in [-0.2, 0) is 4.74 Å². The number of hydrogen-bond acceptors (Lipinski definition) is 2. The summed E-state index contributed by atoms with van der Waals surface area (Å²) in [5.74, 6) is 1.79. The summed E-state index contributed by atoms with van der Waals surface area (Å²) in [5.41, 5.74) is -0.0360. The van der Waals surface area contributed by atoms with Crippen LogP contribution < -0.4 is 0 Å². The van der Waals surface area contributed by atoms with Gasteiger partial charge in [0.25, 0.3) is 0 Å². The molecule has 2 saturated carbocycles. The summed E-state index contributed by atoms with van der Waals surface area (Å²) in [6.45, 7) is 5.49. The number of unbranched alkanes of at least 4 members (excludes halogenated alkanes) is 4. The maximum Gasteiger partial charge on any atom is 0.0689 e. The zero-order chi connectivity index (χ0) is 18.7. The van der Waals surface area contributed by atoms with Gasteiger partial charge in [-0.25, -0.2) is 0 Å². The molecule has 0 aromatic carbocycles. The summed E-state index contributed by atoms with van der Waals surface area (Å²) in [5, 5.41) is 9.61. The van der Waals surface area contributed by atoms with Gasteiger partial charge >= 0.3 is 0 Å². The molecule has 0 amide bonds. The predicted octanol–water partition coefficient (Wildman–Crippen LogP) is 7.42. The zero-order valence-corrected chi connectivity index (χ0v) is 17.6. The number of nitriles is 1. The highest BCUT2D eigenvalue weighted by Gasteiger charge is 2.35. The molecule has 26 heavy (non-hydrogen) atoms. The molecule has 0 heterocycles. The van der Waals surface area contributed by atoms with Gasteiger partial charge in [-0.15, -0.1) is 0 Å². The lowest BCUT2D eigenvalue weighted by molar-refractivity contribution is -0.0184. The third-order valence-electron chi connectivity index (χ3n) is 7.14. The van der Waals surface area contributed by atoms with Gasteiger partial charge in [0.1, 0.15) is 0 Å². The molecular formula is C24H43NO. The Bertz CT molecular complexity index is 397. The first kappa shape index (κ1) is 21.7. The van der Waals surface area contributed by atoms with Crippen molar-refractivity contribution in [2.45, 2.75) is 123 Å². The third-order valence-corrected chi connectivity index (χ3v) is 7.14. The highest BCUT2D eigenvalue weighted by molar-refractivity contribution is 5.01. The van der Waals surface area contributed by atoms with Gasteiger partial charge in [0.2, 0.25) is 0 Å². The highest BCUT2D eigenvalue weighted by Crippen LogP contribution is 2.41. The Morgan fingerprint density at radius 1 is 0.846 bits per heavy atom. The van der Waals surface area contributed by atoms with Gasteiger partial charge in [-0.1, -0.05) is 71.6 Å². The molecule has 2 aliphatic carbocycles. The fourth-order valence-electron chi connectivity index (χ4n) is 5.06. The lowest BCUT2D eigenvalue weighted by Crippen LogP contribution is -2.31. The quantitative estimate of drug-likeness (QED) is 0.359. The normalized spacial score (nSPS) is 32.3. The summed E-state index contributed by atoms with van der Waals surface area (Å²) in [7, 11) is 0. The maximum atomic E-state index is 9.61. The van der Waals surface area contributed by atoms with Gasteiger partial charge in [0.05, 0.1) is 17.6 Å². The van der Waals surface area contributed by atoms with Gasteiger partial charge in [-0.2, -0.15) is 5.26 Å². The average molecular weight is 362 g/mol. The Hall–Kier alpha value is -0.550. The minimum absolute atomic E-state index is 0.0360. The molecular weight excluding hydrogens is 318 g/mol. The van der Waals surface area contributed by atoms with Gasteiger partial charge in [-0.05, 0) is 56.8 Å². The molecule has 0 unspecified atom stereocenters. The Kier molecular flexibility index (Phi) is 10.1. The van der Waals surface area contributed by atoms with E-state index in [1.54, 1.807) is 0 Å². The highest BCUT2D eigenvalue weighted by atomic mass is 16.5. The van der Waals surface area contributed by atoms with E-state index in [1.807, 2.05) is 0 Å². The molecule has 2 heteroatoms. The second-order valence-corrected chi connectivity index (χ2v) is 9.26. The van der Waals surface area contributed by atoms with E-state index in [9.17, 15) is 5.26 Å². The molecule has 0 bridgehead atoms. The molecule has 150 valence electrons. The standard InChI is InChI=1S/C24H43NO/c1-3-5-7-8-9-21-10-12-22(13-11-21)19-26-23-14-17-24(20-25,18-15-23)16-6-4-2/h21-23H,3-19H2,1-2H3/t21-,22-,23-,24-. The van der Waals surface area contributed by atoms with E-state index < -0.39 is 0 Å². The van der Waals surface area contributed by atoms with Crippen LogP contribution in [0.4, 0.5) is 0 Å². The van der Waals surface area contributed by atoms with E-state index in [2.05, 4.69) is 19.9 Å². The molecule has 0 saturated heterocycles. The van der Waals surface area contributed by atoms with Crippen LogP contribution in [0, 0.1) is 28.6 Å². The van der Waals surface area contributed by atoms with Gasteiger partial charge < -0.3 is 4.74 Å². The van der Waals surface area contributed by atoms with E-state index in [1.165, 1.54) is 70.6 Å². The van der Waals surface area contributed by atoms with E-state index in [0.29, 0.717) is 6.10 Å². The van der Waals surface area contributed by atoms with Gasteiger partial charge in [-0.3, -0.25) is 0 Å². The van der Waals surface area contributed by atoms with Crippen molar-refractivity contribution < 1.29 is 4.74 Å². The molecule has 2 fully saturated rings.